The summed E-state index contributed by atoms with van der Waals surface area (Å²) in [6.07, 6.45) is 0.379. The van der Waals surface area contributed by atoms with E-state index in [1.807, 2.05) is 0 Å². The first-order valence-corrected chi connectivity index (χ1v) is 10.6. The Labute approximate surface area is 192 Å². The number of nitrogens with zero attached hydrogens (tertiary/aromatic N) is 3. The molecule has 2 fully saturated rings. The van der Waals surface area contributed by atoms with E-state index in [4.69, 9.17) is 5.73 Å². The number of halogens is 3. The van der Waals surface area contributed by atoms with Crippen molar-refractivity contribution in [3.05, 3.63) is 69.5 Å². The van der Waals surface area contributed by atoms with Crippen LogP contribution in [-0.4, -0.2) is 57.9 Å². The van der Waals surface area contributed by atoms with E-state index in [0.717, 1.165) is 6.07 Å². The highest BCUT2D eigenvalue weighted by Crippen LogP contribution is 2.32. The summed E-state index contributed by atoms with van der Waals surface area (Å²) in [5.41, 5.74) is 6.21. The smallest absolute Gasteiger partial charge is 0.322 e. The van der Waals surface area contributed by atoms with Gasteiger partial charge in [-0.05, 0) is 36.6 Å². The molecule has 2 bridgehead atoms. The Balaban J connectivity index is 1.29. The molecule has 34 heavy (non-hydrogen) atoms. The van der Waals surface area contributed by atoms with Gasteiger partial charge in [0.15, 0.2) is 11.6 Å². The molecule has 2 saturated heterocycles. The van der Waals surface area contributed by atoms with Gasteiger partial charge >= 0.3 is 6.03 Å². The second kappa shape index (κ2) is 9.29. The molecule has 180 valence electrons. The number of hydrogen-bond donors (Lipinski definition) is 2. The zero-order valence-corrected chi connectivity index (χ0v) is 17.9. The van der Waals surface area contributed by atoms with E-state index in [2.05, 4.69) is 5.32 Å². The molecule has 2 aromatic rings. The van der Waals surface area contributed by atoms with Crippen LogP contribution in [-0.2, 0) is 11.2 Å². The van der Waals surface area contributed by atoms with Gasteiger partial charge in [-0.2, -0.15) is 0 Å². The molecular weight excluding hydrogens is 455 g/mol. The van der Waals surface area contributed by atoms with Gasteiger partial charge in [-0.15, -0.1) is 0 Å². The summed E-state index contributed by atoms with van der Waals surface area (Å²) < 4.78 is 40.3. The van der Waals surface area contributed by atoms with Crippen LogP contribution >= 0.6 is 0 Å². The topological polar surface area (TPSA) is 122 Å². The van der Waals surface area contributed by atoms with Crippen LogP contribution in [0, 0.1) is 27.6 Å². The summed E-state index contributed by atoms with van der Waals surface area (Å²) in [6, 6.07) is 5.15. The van der Waals surface area contributed by atoms with Gasteiger partial charge in [0.25, 0.3) is 5.69 Å². The Morgan fingerprint density at radius 3 is 2.29 bits per heavy atom. The van der Waals surface area contributed by atoms with Gasteiger partial charge in [0.05, 0.1) is 17.0 Å². The van der Waals surface area contributed by atoms with Crippen LogP contribution in [0.25, 0.3) is 0 Å². The third-order valence-corrected chi connectivity index (χ3v) is 6.16. The number of fused-ring (bicyclic) bond motifs is 2. The van der Waals surface area contributed by atoms with E-state index in [1.54, 1.807) is 9.80 Å². The predicted molar refractivity (Wildman–Crippen MR) is 115 cm³/mol. The van der Waals surface area contributed by atoms with Crippen LogP contribution in [0.5, 0.6) is 0 Å². The molecule has 12 heteroatoms. The molecule has 3 N–H and O–H groups in total. The Morgan fingerprint density at radius 1 is 1.06 bits per heavy atom. The lowest BCUT2D eigenvalue weighted by atomic mass is 10.0. The number of amides is 3. The van der Waals surface area contributed by atoms with Crippen LogP contribution in [0.2, 0.25) is 0 Å². The number of carbonyl (C=O) groups is 2. The normalized spacial score (nSPS) is 19.9. The highest BCUT2D eigenvalue weighted by molar-refractivity contribution is 5.90. The number of hydrogen-bond acceptors (Lipinski definition) is 5. The average molecular weight is 477 g/mol. The zero-order valence-electron chi connectivity index (χ0n) is 17.9. The van der Waals surface area contributed by atoms with Gasteiger partial charge in [-0.1, -0.05) is 0 Å². The van der Waals surface area contributed by atoms with Crippen molar-refractivity contribution in [2.75, 3.05) is 18.4 Å². The van der Waals surface area contributed by atoms with Crippen LogP contribution in [0.4, 0.5) is 29.3 Å². The van der Waals surface area contributed by atoms with Gasteiger partial charge in [0, 0.05) is 49.4 Å². The van der Waals surface area contributed by atoms with E-state index in [-0.39, 0.29) is 48.1 Å². The third kappa shape index (κ3) is 4.81. The van der Waals surface area contributed by atoms with Gasteiger partial charge in [-0.3, -0.25) is 14.9 Å². The molecule has 3 atom stereocenters. The van der Waals surface area contributed by atoms with Crippen molar-refractivity contribution in [3.63, 3.8) is 0 Å². The maximum atomic E-state index is 13.9. The fourth-order valence-electron chi connectivity index (χ4n) is 4.50. The SMILES string of the molecule is N[C@@H](CC(=O)N1C[C@@H]2C[C@H]1CN2C(=O)Nc1ccc([N+](=O)[O-])cc1)Cc1cc(F)c(F)cc1F. The summed E-state index contributed by atoms with van der Waals surface area (Å²) in [6.45, 7) is 0.645. The van der Waals surface area contributed by atoms with E-state index in [0.29, 0.717) is 31.3 Å². The number of nitrogens with two attached hydrogens (primary N) is 1. The lowest BCUT2D eigenvalue weighted by Gasteiger charge is -2.34. The molecule has 2 heterocycles. The number of nitro groups is 1. The van der Waals surface area contributed by atoms with Gasteiger partial charge in [0.1, 0.15) is 5.82 Å². The molecule has 9 nitrogen and oxygen atoms in total. The fourth-order valence-corrected chi connectivity index (χ4v) is 4.50. The number of carbonyl (C=O) groups excluding carboxylic acids is 2. The molecule has 0 saturated carbocycles. The highest BCUT2D eigenvalue weighted by atomic mass is 19.2. The monoisotopic (exact) mass is 477 g/mol. The van der Waals surface area contributed by atoms with Crippen LogP contribution in [0.1, 0.15) is 18.4 Å². The van der Waals surface area contributed by atoms with E-state index >= 15 is 0 Å². The van der Waals surface area contributed by atoms with Gasteiger partial charge in [-0.25, -0.2) is 18.0 Å². The number of anilines is 1. The van der Waals surface area contributed by atoms with Crippen molar-refractivity contribution in [3.8, 4) is 0 Å². The Morgan fingerprint density at radius 2 is 1.68 bits per heavy atom. The lowest BCUT2D eigenvalue weighted by molar-refractivity contribution is -0.384. The number of nitro benzene ring substituents is 1. The van der Waals surface area contributed by atoms with Crippen molar-refractivity contribution < 1.29 is 27.7 Å². The minimum Gasteiger partial charge on any atom is -0.336 e. The van der Waals surface area contributed by atoms with Crippen molar-refractivity contribution in [1.29, 1.82) is 0 Å². The second-order valence-electron chi connectivity index (χ2n) is 8.50. The van der Waals surface area contributed by atoms with E-state index in [1.165, 1.54) is 24.3 Å². The van der Waals surface area contributed by atoms with E-state index in [9.17, 15) is 32.9 Å². The fraction of sp³-hybridized carbons (Fsp3) is 0.364. The first-order valence-electron chi connectivity index (χ1n) is 10.6. The number of nitrogens with one attached hydrogen (secondary N) is 1. The number of piperazine rings is 1. The molecule has 0 radical (unpaired) electrons. The minimum absolute atomic E-state index is 0.0853. The molecular formula is C22H22F3N5O4. The van der Waals surface area contributed by atoms with Crippen LogP contribution in [0.3, 0.4) is 0 Å². The number of rotatable bonds is 6. The Bertz CT molecular complexity index is 1130. The predicted octanol–water partition coefficient (Wildman–Crippen LogP) is 2.79. The molecule has 0 aromatic heterocycles. The summed E-state index contributed by atoms with van der Waals surface area (Å²) in [7, 11) is 0. The molecule has 0 aliphatic carbocycles. The molecule has 2 aliphatic rings. The summed E-state index contributed by atoms with van der Waals surface area (Å²) in [4.78, 5) is 38.8. The molecule has 0 spiro atoms. The van der Waals surface area contributed by atoms with Gasteiger partial charge < -0.3 is 20.9 Å². The largest absolute Gasteiger partial charge is 0.336 e. The molecule has 2 aromatic carbocycles. The standard InChI is InChI=1S/C22H22F3N5O4/c23-18-9-20(25)19(24)6-12(18)5-13(26)7-21(31)28-10-17-8-16(28)11-29(17)22(32)27-14-1-3-15(4-2-14)30(33)34/h1-4,6,9,13,16-17H,5,7-8,10-11,26H2,(H,27,32)/t13-,16+,17+/m1/s1. The molecule has 2 aliphatic heterocycles. The van der Waals surface area contributed by atoms with Crippen molar-refractivity contribution in [1.82, 2.24) is 9.80 Å². The highest BCUT2D eigenvalue weighted by Gasteiger charge is 2.47. The summed E-state index contributed by atoms with van der Waals surface area (Å²) in [5.74, 6) is -3.64. The quantitative estimate of drug-likeness (QED) is 0.376. The summed E-state index contributed by atoms with van der Waals surface area (Å²) >= 11 is 0. The molecule has 3 amide bonds. The number of benzene rings is 2. The Kier molecular flexibility index (Phi) is 6.42. The molecule has 4 rings (SSSR count). The Hall–Kier alpha value is -3.67. The average Bonchev–Trinajstić information content (AvgIpc) is 3.39. The van der Waals surface area contributed by atoms with Crippen LogP contribution < -0.4 is 11.1 Å². The second-order valence-corrected chi connectivity index (χ2v) is 8.50. The molecule has 0 unspecified atom stereocenters. The number of non-ortho nitro benzene ring substituents is 1. The first kappa shape index (κ1) is 23.5. The van der Waals surface area contributed by atoms with Crippen molar-refractivity contribution in [2.45, 2.75) is 37.4 Å². The van der Waals surface area contributed by atoms with E-state index < -0.39 is 28.4 Å². The minimum atomic E-state index is -1.29. The first-order chi connectivity index (χ1) is 16.1. The van der Waals surface area contributed by atoms with Crippen molar-refractivity contribution >= 4 is 23.3 Å². The third-order valence-electron chi connectivity index (χ3n) is 6.16. The number of urea groups is 1. The van der Waals surface area contributed by atoms with Crippen LogP contribution in [0.15, 0.2) is 36.4 Å². The zero-order chi connectivity index (χ0) is 24.6. The van der Waals surface area contributed by atoms with Crippen molar-refractivity contribution in [2.24, 2.45) is 5.73 Å². The maximum Gasteiger partial charge on any atom is 0.322 e. The summed E-state index contributed by atoms with van der Waals surface area (Å²) in [5, 5.41) is 13.4. The lowest BCUT2D eigenvalue weighted by Crippen LogP contribution is -2.52. The number of likely N-dealkylation sites (tertiary alicyclic amines) is 2. The maximum absolute atomic E-state index is 13.9. The van der Waals surface area contributed by atoms with Gasteiger partial charge in [0.2, 0.25) is 5.91 Å².